The van der Waals surface area contributed by atoms with E-state index in [-0.39, 0.29) is 6.04 Å². The number of halogens is 1. The van der Waals surface area contributed by atoms with E-state index in [1.807, 2.05) is 19.9 Å². The molecule has 0 aromatic carbocycles. The monoisotopic (exact) mass is 281 g/mol. The molecule has 0 aliphatic heterocycles. The normalized spacial score (nSPS) is 10.5. The Kier molecular flexibility index (Phi) is 5.90. The molecule has 1 aromatic rings. The molecular weight excluding hydrogens is 262 g/mol. The number of carbonyl (C=O) groups is 1. The van der Waals surface area contributed by atoms with E-state index in [0.717, 1.165) is 11.1 Å². The van der Waals surface area contributed by atoms with Crippen LogP contribution >= 0.6 is 11.6 Å². The Hall–Kier alpha value is -1.48. The quantitative estimate of drug-likeness (QED) is 0.411. The predicted molar refractivity (Wildman–Crippen MR) is 78.2 cm³/mol. The standard InChI is InChI=1S/C15H20ClNO2/c1-11(2)8-13(9-12(3)4)17(15(16)18)10-14-6-5-7-19-14/h5-7,13H,1,3,8-10H2,2,4H3. The zero-order valence-electron chi connectivity index (χ0n) is 11.5. The van der Waals surface area contributed by atoms with Crippen LogP contribution in [0.5, 0.6) is 0 Å². The van der Waals surface area contributed by atoms with Crippen LogP contribution in [0.4, 0.5) is 4.79 Å². The zero-order chi connectivity index (χ0) is 14.4. The summed E-state index contributed by atoms with van der Waals surface area (Å²) in [5.41, 5.74) is 2.02. The number of furan rings is 1. The molecule has 0 aliphatic carbocycles. The number of hydrogen-bond acceptors (Lipinski definition) is 2. The van der Waals surface area contributed by atoms with E-state index < -0.39 is 5.37 Å². The first kappa shape index (κ1) is 15.6. The van der Waals surface area contributed by atoms with Crippen LogP contribution in [0.25, 0.3) is 0 Å². The van der Waals surface area contributed by atoms with Gasteiger partial charge in [0.1, 0.15) is 5.76 Å². The molecule has 0 atom stereocenters. The second-order valence-corrected chi connectivity index (χ2v) is 5.26. The summed E-state index contributed by atoms with van der Waals surface area (Å²) in [7, 11) is 0. The molecule has 0 bridgehead atoms. The summed E-state index contributed by atoms with van der Waals surface area (Å²) in [5, 5.41) is -0.482. The maximum atomic E-state index is 11.7. The number of rotatable bonds is 7. The second-order valence-electron chi connectivity index (χ2n) is 4.94. The molecule has 4 heteroatoms. The molecule has 3 nitrogen and oxygen atoms in total. The minimum Gasteiger partial charge on any atom is -0.467 e. The van der Waals surface area contributed by atoms with Crippen molar-refractivity contribution < 1.29 is 9.21 Å². The van der Waals surface area contributed by atoms with E-state index in [9.17, 15) is 4.79 Å². The highest BCUT2D eigenvalue weighted by Gasteiger charge is 2.23. The van der Waals surface area contributed by atoms with Crippen LogP contribution in [0.2, 0.25) is 0 Å². The lowest BCUT2D eigenvalue weighted by molar-refractivity contribution is 0.185. The number of nitrogens with zero attached hydrogens (tertiary/aromatic N) is 1. The van der Waals surface area contributed by atoms with Crippen LogP contribution < -0.4 is 0 Å². The maximum absolute atomic E-state index is 11.7. The molecule has 0 fully saturated rings. The Balaban J connectivity index is 2.87. The van der Waals surface area contributed by atoms with Gasteiger partial charge < -0.3 is 9.32 Å². The predicted octanol–water partition coefficient (Wildman–Crippen LogP) is 4.74. The fourth-order valence-electron chi connectivity index (χ4n) is 2.00. The molecule has 0 N–H and O–H groups in total. The van der Waals surface area contributed by atoms with Crippen LogP contribution in [-0.4, -0.2) is 16.3 Å². The molecule has 0 saturated carbocycles. The highest BCUT2D eigenvalue weighted by atomic mass is 35.5. The lowest BCUT2D eigenvalue weighted by Gasteiger charge is -2.29. The van der Waals surface area contributed by atoms with E-state index in [0.29, 0.717) is 25.1 Å². The van der Waals surface area contributed by atoms with Gasteiger partial charge in [-0.3, -0.25) is 4.79 Å². The smallest absolute Gasteiger partial charge is 0.317 e. The Bertz CT molecular complexity index is 435. The largest absolute Gasteiger partial charge is 0.467 e. The number of amides is 1. The first-order chi connectivity index (χ1) is 8.90. The van der Waals surface area contributed by atoms with E-state index >= 15 is 0 Å². The van der Waals surface area contributed by atoms with E-state index in [2.05, 4.69) is 13.2 Å². The molecule has 0 radical (unpaired) electrons. The van der Waals surface area contributed by atoms with Crippen LogP contribution in [0.3, 0.4) is 0 Å². The number of hydrogen-bond donors (Lipinski definition) is 0. The molecule has 1 amide bonds. The van der Waals surface area contributed by atoms with Gasteiger partial charge in [0.05, 0.1) is 12.8 Å². The van der Waals surface area contributed by atoms with Crippen molar-refractivity contribution in [1.82, 2.24) is 4.90 Å². The van der Waals surface area contributed by atoms with Gasteiger partial charge in [0.2, 0.25) is 0 Å². The number of carbonyl (C=O) groups excluding carboxylic acids is 1. The molecule has 0 aliphatic rings. The third kappa shape index (κ3) is 5.35. The van der Waals surface area contributed by atoms with Gasteiger partial charge in [-0.05, 0) is 50.4 Å². The van der Waals surface area contributed by atoms with Gasteiger partial charge in [0, 0.05) is 6.04 Å². The van der Waals surface area contributed by atoms with Crippen LogP contribution in [-0.2, 0) is 6.54 Å². The molecule has 104 valence electrons. The summed E-state index contributed by atoms with van der Waals surface area (Å²) in [4.78, 5) is 13.3. The minimum atomic E-state index is -0.482. The van der Waals surface area contributed by atoms with Crippen molar-refractivity contribution >= 4 is 17.0 Å². The lowest BCUT2D eigenvalue weighted by Crippen LogP contribution is -2.37. The van der Waals surface area contributed by atoms with Crippen molar-refractivity contribution in [2.45, 2.75) is 39.3 Å². The topological polar surface area (TPSA) is 33.5 Å². The Morgan fingerprint density at radius 2 is 1.95 bits per heavy atom. The summed E-state index contributed by atoms with van der Waals surface area (Å²) in [6.45, 7) is 12.1. The molecular formula is C15H20ClNO2. The molecule has 1 rings (SSSR count). The van der Waals surface area contributed by atoms with Gasteiger partial charge in [-0.1, -0.05) is 11.1 Å². The van der Waals surface area contributed by atoms with E-state index in [1.54, 1.807) is 17.2 Å². The average Bonchev–Trinajstić information content (AvgIpc) is 2.75. The van der Waals surface area contributed by atoms with Crippen molar-refractivity contribution in [3.05, 3.63) is 48.5 Å². The van der Waals surface area contributed by atoms with Gasteiger partial charge in [0.25, 0.3) is 0 Å². The van der Waals surface area contributed by atoms with Gasteiger partial charge >= 0.3 is 5.37 Å². The fourth-order valence-corrected chi connectivity index (χ4v) is 2.20. The van der Waals surface area contributed by atoms with Crippen LogP contribution in [0.1, 0.15) is 32.4 Å². The van der Waals surface area contributed by atoms with E-state index in [1.165, 1.54) is 0 Å². The lowest BCUT2D eigenvalue weighted by atomic mass is 10.0. The van der Waals surface area contributed by atoms with E-state index in [4.69, 9.17) is 16.0 Å². The molecule has 19 heavy (non-hydrogen) atoms. The van der Waals surface area contributed by atoms with Gasteiger partial charge in [0.15, 0.2) is 0 Å². The Morgan fingerprint density at radius 1 is 1.37 bits per heavy atom. The fraction of sp³-hybridized carbons (Fsp3) is 0.400. The summed E-state index contributed by atoms with van der Waals surface area (Å²) < 4.78 is 5.28. The molecule has 1 aromatic heterocycles. The van der Waals surface area contributed by atoms with Gasteiger partial charge in [-0.15, -0.1) is 13.2 Å². The van der Waals surface area contributed by atoms with Gasteiger partial charge in [-0.2, -0.15) is 0 Å². The first-order valence-corrected chi connectivity index (χ1v) is 6.55. The van der Waals surface area contributed by atoms with Crippen molar-refractivity contribution in [2.24, 2.45) is 0 Å². The van der Waals surface area contributed by atoms with Crippen molar-refractivity contribution in [1.29, 1.82) is 0 Å². The van der Waals surface area contributed by atoms with Crippen LogP contribution in [0, 0.1) is 0 Å². The highest BCUT2D eigenvalue weighted by Crippen LogP contribution is 2.21. The Morgan fingerprint density at radius 3 is 2.32 bits per heavy atom. The first-order valence-electron chi connectivity index (χ1n) is 6.17. The highest BCUT2D eigenvalue weighted by molar-refractivity contribution is 6.62. The van der Waals surface area contributed by atoms with Crippen molar-refractivity contribution in [3.63, 3.8) is 0 Å². The molecule has 0 saturated heterocycles. The summed E-state index contributed by atoms with van der Waals surface area (Å²) in [6, 6.07) is 3.58. The van der Waals surface area contributed by atoms with Crippen molar-refractivity contribution in [2.75, 3.05) is 0 Å². The van der Waals surface area contributed by atoms with Crippen LogP contribution in [0.15, 0.2) is 47.1 Å². The van der Waals surface area contributed by atoms with Gasteiger partial charge in [-0.25, -0.2) is 0 Å². The third-order valence-corrected chi connectivity index (χ3v) is 2.96. The third-order valence-electron chi connectivity index (χ3n) is 2.74. The minimum absolute atomic E-state index is 0.0369. The SMILES string of the molecule is C=C(C)CC(CC(=C)C)N(Cc1ccco1)C(=O)Cl. The molecule has 1 heterocycles. The summed E-state index contributed by atoms with van der Waals surface area (Å²) in [6.07, 6.45) is 2.98. The van der Waals surface area contributed by atoms with Crippen molar-refractivity contribution in [3.8, 4) is 0 Å². The maximum Gasteiger partial charge on any atom is 0.317 e. The Labute approximate surface area is 119 Å². The zero-order valence-corrected chi connectivity index (χ0v) is 12.2. The molecule has 0 unspecified atom stereocenters. The second kappa shape index (κ2) is 7.19. The average molecular weight is 282 g/mol. The summed E-state index contributed by atoms with van der Waals surface area (Å²) in [5.74, 6) is 0.711. The summed E-state index contributed by atoms with van der Waals surface area (Å²) >= 11 is 5.71. The molecule has 0 spiro atoms.